The van der Waals surface area contributed by atoms with E-state index in [1.807, 2.05) is 11.8 Å². The van der Waals surface area contributed by atoms with Gasteiger partial charge in [0.25, 0.3) is 0 Å². The van der Waals surface area contributed by atoms with Gasteiger partial charge in [-0.1, -0.05) is 6.92 Å². The Hall–Kier alpha value is -0.260. The summed E-state index contributed by atoms with van der Waals surface area (Å²) in [7, 11) is 3.21. The normalized spacial score (nSPS) is 18.1. The highest BCUT2D eigenvalue weighted by Gasteiger charge is 2.51. The van der Waals surface area contributed by atoms with Crippen molar-refractivity contribution in [2.24, 2.45) is 5.92 Å². The summed E-state index contributed by atoms with van der Waals surface area (Å²) in [5.41, 5.74) is -0.470. The van der Waals surface area contributed by atoms with E-state index in [1.54, 1.807) is 7.11 Å². The van der Waals surface area contributed by atoms with Gasteiger partial charge in [0.1, 0.15) is 5.54 Å². The van der Waals surface area contributed by atoms with Crippen molar-refractivity contribution in [2.45, 2.75) is 38.1 Å². The van der Waals surface area contributed by atoms with E-state index in [2.05, 4.69) is 12.2 Å². The lowest BCUT2D eigenvalue weighted by molar-refractivity contribution is -0.148. The lowest BCUT2D eigenvalue weighted by Crippen LogP contribution is -2.57. The third-order valence-electron chi connectivity index (χ3n) is 3.48. The topological polar surface area (TPSA) is 47.6 Å². The molecule has 1 aliphatic rings. The number of carbonyl (C=O) groups is 1. The van der Waals surface area contributed by atoms with Gasteiger partial charge in [0.2, 0.25) is 0 Å². The van der Waals surface area contributed by atoms with Crippen LogP contribution in [0, 0.1) is 5.92 Å². The molecule has 0 spiro atoms. The fourth-order valence-corrected chi connectivity index (χ4v) is 3.50. The molecule has 1 fully saturated rings. The zero-order chi connectivity index (χ0) is 14.1. The molecule has 1 rings (SSSR count). The number of ether oxygens (including phenoxy) is 2. The van der Waals surface area contributed by atoms with Gasteiger partial charge >= 0.3 is 5.97 Å². The van der Waals surface area contributed by atoms with E-state index in [-0.39, 0.29) is 5.97 Å². The van der Waals surface area contributed by atoms with Crippen LogP contribution in [-0.2, 0) is 14.3 Å². The number of carbonyl (C=O) groups excluding carboxylic acids is 1. The molecule has 0 saturated heterocycles. The minimum atomic E-state index is -0.470. The van der Waals surface area contributed by atoms with Gasteiger partial charge in [-0.05, 0) is 43.9 Å². The molecule has 1 unspecified atom stereocenters. The average molecular weight is 289 g/mol. The van der Waals surface area contributed by atoms with Gasteiger partial charge in [-0.3, -0.25) is 4.79 Å². The molecule has 112 valence electrons. The van der Waals surface area contributed by atoms with Crippen LogP contribution in [0.2, 0.25) is 0 Å². The Balaban J connectivity index is 2.53. The molecule has 1 N–H and O–H groups in total. The monoisotopic (exact) mass is 289 g/mol. The molecule has 4 nitrogen and oxygen atoms in total. The summed E-state index contributed by atoms with van der Waals surface area (Å²) in [6, 6.07) is 0. The van der Waals surface area contributed by atoms with E-state index in [1.165, 1.54) is 7.11 Å². The minimum Gasteiger partial charge on any atom is -0.468 e. The first-order valence-electron chi connectivity index (χ1n) is 7.11. The molecule has 1 aliphatic carbocycles. The highest BCUT2D eigenvalue weighted by Crippen LogP contribution is 2.42. The molecule has 0 aromatic rings. The second-order valence-electron chi connectivity index (χ2n) is 5.06. The quantitative estimate of drug-likeness (QED) is 0.466. The van der Waals surface area contributed by atoms with Crippen LogP contribution in [0.15, 0.2) is 0 Å². The maximum Gasteiger partial charge on any atom is 0.327 e. The Bertz CT molecular complexity index is 271. The summed E-state index contributed by atoms with van der Waals surface area (Å²) in [5.74, 6) is 2.17. The van der Waals surface area contributed by atoms with Crippen LogP contribution >= 0.6 is 11.8 Å². The van der Waals surface area contributed by atoms with Crippen LogP contribution < -0.4 is 5.32 Å². The van der Waals surface area contributed by atoms with E-state index in [9.17, 15) is 4.79 Å². The second-order valence-corrected chi connectivity index (χ2v) is 6.17. The Kier molecular flexibility index (Phi) is 7.80. The van der Waals surface area contributed by atoms with Gasteiger partial charge < -0.3 is 14.8 Å². The zero-order valence-corrected chi connectivity index (χ0v) is 13.2. The van der Waals surface area contributed by atoms with E-state index in [4.69, 9.17) is 9.47 Å². The van der Waals surface area contributed by atoms with Crippen molar-refractivity contribution in [3.8, 4) is 0 Å². The van der Waals surface area contributed by atoms with E-state index >= 15 is 0 Å². The van der Waals surface area contributed by atoms with Crippen LogP contribution in [0.5, 0.6) is 0 Å². The molecule has 5 heteroatoms. The Morgan fingerprint density at radius 1 is 1.42 bits per heavy atom. The van der Waals surface area contributed by atoms with Crippen LogP contribution in [0.25, 0.3) is 0 Å². The molecule has 19 heavy (non-hydrogen) atoms. The Morgan fingerprint density at radius 2 is 2.16 bits per heavy atom. The molecular weight excluding hydrogens is 262 g/mol. The van der Waals surface area contributed by atoms with Gasteiger partial charge in [-0.15, -0.1) is 0 Å². The van der Waals surface area contributed by atoms with Gasteiger partial charge in [0.15, 0.2) is 0 Å². The maximum absolute atomic E-state index is 12.2. The number of hydrogen-bond donors (Lipinski definition) is 1. The molecular formula is C14H27NO3S. The van der Waals surface area contributed by atoms with Crippen molar-refractivity contribution in [2.75, 3.05) is 38.9 Å². The van der Waals surface area contributed by atoms with Crippen LogP contribution in [0.1, 0.15) is 32.6 Å². The summed E-state index contributed by atoms with van der Waals surface area (Å²) in [4.78, 5) is 12.2. The molecule has 0 aromatic heterocycles. The SMILES string of the molecule is CCCNC(CSCCCOC)(C(=O)OC)C1CC1. The van der Waals surface area contributed by atoms with Gasteiger partial charge in [-0.2, -0.15) is 11.8 Å². The van der Waals surface area contributed by atoms with Gasteiger partial charge in [0, 0.05) is 19.5 Å². The highest BCUT2D eigenvalue weighted by atomic mass is 32.2. The summed E-state index contributed by atoms with van der Waals surface area (Å²) in [6.07, 6.45) is 4.31. The third kappa shape index (κ3) is 4.97. The average Bonchev–Trinajstić information content (AvgIpc) is 3.26. The lowest BCUT2D eigenvalue weighted by atomic mass is 9.95. The van der Waals surface area contributed by atoms with E-state index in [0.717, 1.165) is 50.3 Å². The number of rotatable bonds is 11. The predicted molar refractivity (Wildman–Crippen MR) is 79.6 cm³/mol. The smallest absolute Gasteiger partial charge is 0.327 e. The molecule has 1 atom stereocenters. The van der Waals surface area contributed by atoms with Crippen molar-refractivity contribution in [1.82, 2.24) is 5.32 Å². The summed E-state index contributed by atoms with van der Waals surface area (Å²) < 4.78 is 10.1. The number of thioether (sulfide) groups is 1. The summed E-state index contributed by atoms with van der Waals surface area (Å²) in [6.45, 7) is 3.77. The molecule has 0 heterocycles. The first kappa shape index (κ1) is 16.8. The first-order chi connectivity index (χ1) is 9.21. The molecule has 0 amide bonds. The van der Waals surface area contributed by atoms with E-state index < -0.39 is 5.54 Å². The molecule has 0 bridgehead atoms. The zero-order valence-electron chi connectivity index (χ0n) is 12.4. The second kappa shape index (κ2) is 8.82. The van der Waals surface area contributed by atoms with Crippen molar-refractivity contribution >= 4 is 17.7 Å². The van der Waals surface area contributed by atoms with Crippen LogP contribution in [0.4, 0.5) is 0 Å². The van der Waals surface area contributed by atoms with Crippen molar-refractivity contribution in [3.05, 3.63) is 0 Å². The fourth-order valence-electron chi connectivity index (χ4n) is 2.26. The molecule has 0 radical (unpaired) electrons. The molecule has 0 aromatic carbocycles. The fraction of sp³-hybridized carbons (Fsp3) is 0.929. The van der Waals surface area contributed by atoms with Crippen molar-refractivity contribution in [3.63, 3.8) is 0 Å². The largest absolute Gasteiger partial charge is 0.468 e. The molecule has 1 saturated carbocycles. The lowest BCUT2D eigenvalue weighted by Gasteiger charge is -2.32. The van der Waals surface area contributed by atoms with Gasteiger partial charge in [-0.25, -0.2) is 0 Å². The molecule has 0 aliphatic heterocycles. The van der Waals surface area contributed by atoms with Crippen LogP contribution in [0.3, 0.4) is 0 Å². The number of methoxy groups -OCH3 is 2. The predicted octanol–water partition coefficient (Wildman–Crippen LogP) is 2.08. The maximum atomic E-state index is 12.2. The van der Waals surface area contributed by atoms with E-state index in [0.29, 0.717) is 5.92 Å². The van der Waals surface area contributed by atoms with Gasteiger partial charge in [0.05, 0.1) is 7.11 Å². The Labute approximate surface area is 121 Å². The van der Waals surface area contributed by atoms with Crippen molar-refractivity contribution in [1.29, 1.82) is 0 Å². The number of hydrogen-bond acceptors (Lipinski definition) is 5. The number of esters is 1. The van der Waals surface area contributed by atoms with Crippen molar-refractivity contribution < 1.29 is 14.3 Å². The summed E-state index contributed by atoms with van der Waals surface area (Å²) in [5, 5.41) is 3.46. The van der Waals surface area contributed by atoms with Crippen LogP contribution in [-0.4, -0.2) is 50.4 Å². The Morgan fingerprint density at radius 3 is 2.68 bits per heavy atom. The first-order valence-corrected chi connectivity index (χ1v) is 8.26. The third-order valence-corrected chi connectivity index (χ3v) is 4.72. The summed E-state index contributed by atoms with van der Waals surface area (Å²) >= 11 is 1.82. The minimum absolute atomic E-state index is 0.0947. The highest BCUT2D eigenvalue weighted by molar-refractivity contribution is 7.99. The number of nitrogens with one attached hydrogen (secondary N) is 1. The standard InChI is InChI=1S/C14H27NO3S/c1-4-8-15-14(12-6-7-12,13(16)18-3)11-19-10-5-9-17-2/h12,15H,4-11H2,1-3H3.